The van der Waals surface area contributed by atoms with Crippen LogP contribution in [0.3, 0.4) is 0 Å². The number of pyridine rings is 4. The van der Waals surface area contributed by atoms with Crippen molar-refractivity contribution in [2.75, 3.05) is 0 Å². The molecule has 0 radical (unpaired) electrons. The fourth-order valence-electron chi connectivity index (χ4n) is 4.11. The Morgan fingerprint density at radius 2 is 0.868 bits per heavy atom. The summed E-state index contributed by atoms with van der Waals surface area (Å²) in [5.41, 5.74) is 10.2. The van der Waals surface area contributed by atoms with Gasteiger partial charge in [0.25, 0.3) is 0 Å². The molecule has 6 nitrogen and oxygen atoms in total. The summed E-state index contributed by atoms with van der Waals surface area (Å²) in [5, 5.41) is 2.41. The van der Waals surface area contributed by atoms with Crippen LogP contribution in [0.1, 0.15) is 36.1 Å². The number of aryl methyl sites for hydroxylation is 4. The number of benzene rings is 1. The second-order valence-electron chi connectivity index (χ2n) is 8.67. The van der Waals surface area contributed by atoms with E-state index < -0.39 is 0 Å². The zero-order valence-corrected chi connectivity index (χ0v) is 22.8. The quantitative estimate of drug-likeness (QED) is 0.227. The van der Waals surface area contributed by atoms with Crippen LogP contribution in [0.15, 0.2) is 85.7 Å². The molecule has 0 amide bonds. The van der Waals surface area contributed by atoms with E-state index in [2.05, 4.69) is 69.7 Å². The molecule has 0 aliphatic carbocycles. The van der Waals surface area contributed by atoms with E-state index in [-0.39, 0.29) is 0 Å². The highest BCUT2D eigenvalue weighted by molar-refractivity contribution is 6.05. The first-order chi connectivity index (χ1) is 18.5. The molecule has 5 aromatic heterocycles. The molecule has 0 spiro atoms. The van der Waals surface area contributed by atoms with Crippen LogP contribution in [0.5, 0.6) is 0 Å². The lowest BCUT2D eigenvalue weighted by Gasteiger charge is -2.10. The highest BCUT2D eigenvalue weighted by atomic mass is 14.9. The van der Waals surface area contributed by atoms with Gasteiger partial charge < -0.3 is 0 Å². The van der Waals surface area contributed by atoms with Gasteiger partial charge in [0, 0.05) is 48.0 Å². The van der Waals surface area contributed by atoms with Crippen molar-refractivity contribution in [1.82, 2.24) is 29.9 Å². The molecule has 0 saturated heterocycles. The van der Waals surface area contributed by atoms with E-state index in [1.807, 2.05) is 62.6 Å². The van der Waals surface area contributed by atoms with Crippen LogP contribution >= 0.6 is 0 Å². The van der Waals surface area contributed by atoms with Gasteiger partial charge in [-0.2, -0.15) is 0 Å². The molecule has 0 fully saturated rings. The van der Waals surface area contributed by atoms with Gasteiger partial charge in [0.05, 0.1) is 22.4 Å². The third kappa shape index (κ3) is 5.39. The summed E-state index contributed by atoms with van der Waals surface area (Å²) in [7, 11) is 0. The molecule has 190 valence electrons. The Morgan fingerprint density at radius 1 is 0.447 bits per heavy atom. The molecule has 0 unspecified atom stereocenters. The molecule has 5 heterocycles. The zero-order valence-electron chi connectivity index (χ0n) is 22.8. The van der Waals surface area contributed by atoms with Crippen molar-refractivity contribution < 1.29 is 0 Å². The number of aromatic nitrogens is 6. The first kappa shape index (κ1) is 26.5. The minimum Gasteiger partial charge on any atom is -0.255 e. The van der Waals surface area contributed by atoms with Gasteiger partial charge in [-0.25, -0.2) is 0 Å². The minimum absolute atomic E-state index is 0.747. The summed E-state index contributed by atoms with van der Waals surface area (Å²) < 4.78 is 0. The van der Waals surface area contributed by atoms with Gasteiger partial charge in [0.1, 0.15) is 11.4 Å². The fraction of sp³-hybridized carbons (Fsp3) is 0.188. The number of hydrogen-bond acceptors (Lipinski definition) is 6. The predicted molar refractivity (Wildman–Crippen MR) is 156 cm³/mol. The van der Waals surface area contributed by atoms with Crippen molar-refractivity contribution in [3.05, 3.63) is 108 Å². The van der Waals surface area contributed by atoms with Crippen molar-refractivity contribution in [2.45, 2.75) is 41.5 Å². The third-order valence-electron chi connectivity index (χ3n) is 6.43. The molecule has 38 heavy (non-hydrogen) atoms. The Morgan fingerprint density at radius 3 is 1.24 bits per heavy atom. The van der Waals surface area contributed by atoms with Crippen LogP contribution < -0.4 is 0 Å². The van der Waals surface area contributed by atoms with Crippen molar-refractivity contribution in [3.8, 4) is 22.8 Å². The van der Waals surface area contributed by atoms with Crippen LogP contribution in [0.4, 0.5) is 0 Å². The third-order valence-corrected chi connectivity index (χ3v) is 6.43. The predicted octanol–water partition coefficient (Wildman–Crippen LogP) is 7.64. The fourth-order valence-corrected chi connectivity index (χ4v) is 4.11. The molecular formula is C32H32N6. The Labute approximate surface area is 223 Å². The lowest BCUT2D eigenvalue weighted by atomic mass is 10.0. The molecule has 1 aromatic carbocycles. The summed E-state index contributed by atoms with van der Waals surface area (Å²) in [6.45, 7) is 12.5. The topological polar surface area (TPSA) is 77.3 Å². The van der Waals surface area contributed by atoms with Crippen LogP contribution in [-0.2, 0) is 0 Å². The van der Waals surface area contributed by atoms with Crippen molar-refractivity contribution in [3.63, 3.8) is 0 Å². The van der Waals surface area contributed by atoms with Crippen molar-refractivity contribution in [1.29, 1.82) is 0 Å². The van der Waals surface area contributed by atoms with E-state index in [0.717, 1.165) is 33.8 Å². The van der Waals surface area contributed by atoms with Gasteiger partial charge in [-0.15, -0.1) is 0 Å². The Kier molecular flexibility index (Phi) is 8.44. The summed E-state index contributed by atoms with van der Waals surface area (Å²) in [6, 6.07) is 15.8. The molecule has 6 rings (SSSR count). The second kappa shape index (κ2) is 12.1. The molecule has 0 aliphatic rings. The van der Waals surface area contributed by atoms with Gasteiger partial charge in [-0.3, -0.25) is 29.9 Å². The van der Waals surface area contributed by atoms with Crippen LogP contribution in [0.25, 0.3) is 44.6 Å². The first-order valence-corrected chi connectivity index (χ1v) is 12.8. The molecule has 0 aliphatic heterocycles. The van der Waals surface area contributed by atoms with E-state index in [1.54, 1.807) is 24.8 Å². The Balaban J connectivity index is 0.000000166. The lowest BCUT2D eigenvalue weighted by molar-refractivity contribution is 1.16. The number of hydrogen-bond donors (Lipinski definition) is 0. The average molecular weight is 501 g/mol. The summed E-state index contributed by atoms with van der Waals surface area (Å²) in [4.78, 5) is 26.5. The highest BCUT2D eigenvalue weighted by Crippen LogP contribution is 2.28. The van der Waals surface area contributed by atoms with Gasteiger partial charge in [0.15, 0.2) is 0 Å². The number of rotatable bonds is 2. The minimum atomic E-state index is 0.747. The zero-order chi connectivity index (χ0) is 27.1. The summed E-state index contributed by atoms with van der Waals surface area (Å²) in [5.74, 6) is 0. The van der Waals surface area contributed by atoms with E-state index >= 15 is 0 Å². The van der Waals surface area contributed by atoms with E-state index in [0.29, 0.717) is 0 Å². The Bertz CT molecular complexity index is 1540. The van der Waals surface area contributed by atoms with E-state index in [9.17, 15) is 0 Å². The summed E-state index contributed by atoms with van der Waals surface area (Å²) >= 11 is 0. The maximum absolute atomic E-state index is 4.58. The maximum atomic E-state index is 4.58. The normalized spacial score (nSPS) is 10.4. The van der Waals surface area contributed by atoms with Crippen molar-refractivity contribution in [2.24, 2.45) is 0 Å². The van der Waals surface area contributed by atoms with Crippen molar-refractivity contribution >= 4 is 21.8 Å². The SMILES string of the molecule is CC.Cc1cnc2c(ccc3c(C)c(C)cnc32)c1C.c1ccc(-c2nccnc2-c2ccccn2)nc1. The van der Waals surface area contributed by atoms with Gasteiger partial charge in [-0.1, -0.05) is 38.1 Å². The van der Waals surface area contributed by atoms with Gasteiger partial charge >= 0.3 is 0 Å². The van der Waals surface area contributed by atoms with Gasteiger partial charge in [0.2, 0.25) is 0 Å². The average Bonchev–Trinajstić information content (AvgIpc) is 2.99. The molecule has 0 N–H and O–H groups in total. The maximum Gasteiger partial charge on any atom is 0.116 e. The molecule has 0 atom stereocenters. The lowest BCUT2D eigenvalue weighted by Crippen LogP contribution is -1.95. The molecule has 0 bridgehead atoms. The molecule has 6 heteroatoms. The molecular weight excluding hydrogens is 468 g/mol. The van der Waals surface area contributed by atoms with Gasteiger partial charge in [-0.05, 0) is 74.2 Å². The second-order valence-corrected chi connectivity index (χ2v) is 8.67. The smallest absolute Gasteiger partial charge is 0.116 e. The molecule has 0 saturated carbocycles. The standard InChI is InChI=1S/C16H16N2.C14H10N4.C2H6/c1-9-7-17-15-13(11(9)3)5-6-14-12(4)10(2)8-18-16(14)15;1-3-7-15-11(5-1)13-14(18-10-9-17-13)12-6-2-4-8-16-12;1-2/h5-8H,1-4H3;1-10H;1-2H3. The van der Waals surface area contributed by atoms with E-state index in [1.165, 1.54) is 33.0 Å². The summed E-state index contributed by atoms with van der Waals surface area (Å²) in [6.07, 6.45) is 10.7. The monoisotopic (exact) mass is 500 g/mol. The van der Waals surface area contributed by atoms with Crippen LogP contribution in [-0.4, -0.2) is 29.9 Å². The first-order valence-electron chi connectivity index (χ1n) is 12.8. The largest absolute Gasteiger partial charge is 0.255 e. The van der Waals surface area contributed by atoms with Crippen LogP contribution in [0, 0.1) is 27.7 Å². The van der Waals surface area contributed by atoms with E-state index in [4.69, 9.17) is 0 Å². The Hall–Kier alpha value is -4.58. The number of fused-ring (bicyclic) bond motifs is 3. The molecule has 6 aromatic rings. The van der Waals surface area contributed by atoms with Crippen LogP contribution in [0.2, 0.25) is 0 Å². The number of nitrogens with zero attached hydrogens (tertiary/aromatic N) is 6. The highest BCUT2D eigenvalue weighted by Gasteiger charge is 2.11.